The van der Waals surface area contributed by atoms with Gasteiger partial charge in [-0.3, -0.25) is 0 Å². The van der Waals surface area contributed by atoms with E-state index in [1.165, 1.54) is 27.7 Å². The number of aryl methyl sites for hydroxylation is 21. The molecule has 5 nitrogen and oxygen atoms in total. The Hall–Kier alpha value is -8.15. The molecule has 4 unspecified atom stereocenters. The van der Waals surface area contributed by atoms with Gasteiger partial charge in [-0.25, -0.2) is 22.8 Å². The largest absolute Gasteiger partial charge is 0.212 e. The molecule has 4 atom stereocenters. The monoisotopic (exact) mass is 1290 g/mol. The second-order valence-electron chi connectivity index (χ2n) is 24.8. The Balaban J connectivity index is 0.000000247. The first-order valence-corrected chi connectivity index (χ1v) is 31.1. The number of rotatable bonds is 10. The van der Waals surface area contributed by atoms with Crippen LogP contribution in [0.3, 0.4) is 0 Å². The first kappa shape index (κ1) is 39.7. The fraction of sp³-hybridized carbons (Fsp3) is 0.382. The van der Waals surface area contributed by atoms with Crippen LogP contribution in [0.1, 0.15) is 243 Å². The highest BCUT2D eigenvalue weighted by Gasteiger charge is 2.21. The van der Waals surface area contributed by atoms with Crippen molar-refractivity contribution in [3.05, 3.63) is 264 Å². The van der Waals surface area contributed by atoms with Gasteiger partial charge in [0.15, 0.2) is 31.0 Å². The molecule has 0 radical (unpaired) electrons. The molecule has 5 aromatic heterocycles. The summed E-state index contributed by atoms with van der Waals surface area (Å²) < 4.78 is 269. The van der Waals surface area contributed by atoms with E-state index in [1.807, 2.05) is 85.0 Å². The number of hydrogen-bond acceptors (Lipinski definition) is 0. The van der Waals surface area contributed by atoms with Crippen molar-refractivity contribution < 1.29 is 69.4 Å². The van der Waals surface area contributed by atoms with E-state index >= 15 is 0 Å². The lowest BCUT2D eigenvalue weighted by Gasteiger charge is -2.14. The molecule has 0 aliphatic rings. The van der Waals surface area contributed by atoms with Crippen molar-refractivity contribution in [2.75, 3.05) is 0 Å². The average molecular weight is 1290 g/mol. The van der Waals surface area contributed by atoms with Crippen LogP contribution < -0.4 is 22.8 Å². The molecule has 94 heavy (non-hydrogen) atoms. The van der Waals surface area contributed by atoms with Crippen LogP contribution in [0.25, 0.3) is 56.3 Å². The summed E-state index contributed by atoms with van der Waals surface area (Å²) in [4.78, 5) is 0. The summed E-state index contributed by atoms with van der Waals surface area (Å²) in [6, 6.07) is 35.2. The molecule has 0 bridgehead atoms. The Bertz CT molecular complexity index is 5700. The second kappa shape index (κ2) is 32.8. The van der Waals surface area contributed by atoms with E-state index in [1.54, 1.807) is 195 Å². The highest BCUT2D eigenvalue weighted by molar-refractivity contribution is 5.67. The number of hydrogen-bond donors (Lipinski definition) is 0. The summed E-state index contributed by atoms with van der Waals surface area (Å²) in [5.74, 6) is -6.86. The summed E-state index contributed by atoms with van der Waals surface area (Å²) >= 11 is 0. The van der Waals surface area contributed by atoms with Crippen molar-refractivity contribution in [1.29, 1.82) is 0 Å². The Morgan fingerprint density at radius 1 is 0.298 bits per heavy atom. The zero-order valence-corrected chi connectivity index (χ0v) is 58.4. The van der Waals surface area contributed by atoms with Gasteiger partial charge in [0.25, 0.3) is 0 Å². The quantitative estimate of drug-likeness (QED) is 0.122. The Morgan fingerprint density at radius 2 is 0.596 bits per heavy atom. The van der Waals surface area contributed by atoms with Crippen molar-refractivity contribution in [2.45, 2.75) is 195 Å². The predicted molar refractivity (Wildman–Crippen MR) is 402 cm³/mol. The molecule has 0 saturated heterocycles. The van der Waals surface area contributed by atoms with Crippen LogP contribution in [-0.4, -0.2) is 0 Å². The number of aromatic nitrogens is 5. The van der Waals surface area contributed by atoms with E-state index in [-0.39, 0.29) is 17.5 Å². The van der Waals surface area contributed by atoms with Gasteiger partial charge in [0.05, 0.1) is 0 Å². The van der Waals surface area contributed by atoms with Gasteiger partial charge in [-0.05, 0) is 278 Å². The molecule has 5 heterocycles. The van der Waals surface area contributed by atoms with Gasteiger partial charge in [0, 0.05) is 133 Å². The third-order valence-electron chi connectivity index (χ3n) is 16.9. The molecular formula is C89H118N5+5. The summed E-state index contributed by atoms with van der Waals surface area (Å²) in [6.07, 6.45) is 8.14. The van der Waals surface area contributed by atoms with Crippen LogP contribution in [-0.2, 0) is 41.7 Å². The van der Waals surface area contributed by atoms with Gasteiger partial charge in [-0.1, -0.05) is 92.3 Å². The fourth-order valence-electron chi connectivity index (χ4n) is 11.4. The van der Waals surface area contributed by atoms with E-state index in [2.05, 4.69) is 0 Å². The number of pyridine rings is 5. The van der Waals surface area contributed by atoms with Crippen molar-refractivity contribution >= 4 is 0 Å². The molecule has 0 aliphatic heterocycles. The molecule has 5 aromatic carbocycles. The average Bonchev–Trinajstić information content (AvgIpc) is 0.762. The van der Waals surface area contributed by atoms with E-state index in [9.17, 15) is 0 Å². The minimum Gasteiger partial charge on any atom is -0.201 e. The van der Waals surface area contributed by atoms with Crippen LogP contribution in [0.2, 0.25) is 0 Å². The zero-order valence-electron chi connectivity index (χ0n) is 92.4. The van der Waals surface area contributed by atoms with Crippen LogP contribution in [0.5, 0.6) is 0 Å². The standard InChI is InChI=1S/C20H28N.2C18H24N.C17H22N.C16H20N/c1-13(2)17-8-9-20(21(7)12-17)19-11-15(5)18(14(3)4)10-16(19)6;1-12(2)16-7-8-18(19(6)11-16)17-10-14(4)13(3)9-15(17)5;1-12(2)16-9-15(5)17(10-14(16)4)18-8-7-13(3)11-19(18)6;1-6-15-9-14(4)16(10-13(15)3)17-8-7-12(2)11-18(17)5;1-11-6-7-16(17(5)10-11)15-9-13(3)12(2)8-14(15)4/h8-14H,1-7H3;2*7-12H,1-6H3;7-11H,6H2,1-5H3;6-10H,1-5H3/q5*+1/i1D3,3D3,13D,14D;2*1D3,3D3,12D;2*1D3,2D3. The smallest absolute Gasteiger partial charge is 0.201 e. The van der Waals surface area contributed by atoms with Crippen molar-refractivity contribution in [3.63, 3.8) is 0 Å². The maximum atomic E-state index is 8.39. The topological polar surface area (TPSA) is 19.4 Å². The van der Waals surface area contributed by atoms with E-state index in [0.29, 0.717) is 55.6 Å². The van der Waals surface area contributed by atoms with Crippen LogP contribution >= 0.6 is 0 Å². The highest BCUT2D eigenvalue weighted by Crippen LogP contribution is 2.32. The first-order valence-electron chi connectivity index (χ1n) is 48.1. The number of nitrogens with zero attached hydrogens (tertiary/aromatic N) is 5. The van der Waals surface area contributed by atoms with Gasteiger partial charge in [0.2, 0.25) is 28.5 Å². The Labute approximate surface area is 618 Å². The third kappa shape index (κ3) is 18.8. The molecule has 494 valence electrons. The van der Waals surface area contributed by atoms with Gasteiger partial charge in [0.1, 0.15) is 35.2 Å². The molecule has 0 fully saturated rings. The molecule has 0 spiro atoms. The molecule has 10 rings (SSSR count). The number of benzene rings is 5. The molecule has 10 aromatic rings. The molecule has 0 aliphatic carbocycles. The maximum Gasteiger partial charge on any atom is 0.212 e. The lowest BCUT2D eigenvalue weighted by atomic mass is 9.91. The van der Waals surface area contributed by atoms with Crippen molar-refractivity contribution in [3.8, 4) is 56.3 Å². The van der Waals surface area contributed by atoms with E-state index in [0.717, 1.165) is 101 Å². The third-order valence-corrected chi connectivity index (χ3v) is 16.9. The summed E-state index contributed by atoms with van der Waals surface area (Å²) in [5.41, 5.74) is 20.8. The first-order chi connectivity index (χ1) is 57.5. The summed E-state index contributed by atoms with van der Waals surface area (Å²) in [6.45, 7) is 1.49. The van der Waals surface area contributed by atoms with Gasteiger partial charge < -0.3 is 0 Å². The Morgan fingerprint density at radius 3 is 0.894 bits per heavy atom. The normalized spacial score (nSPS) is 20.2. The van der Waals surface area contributed by atoms with Crippen molar-refractivity contribution in [1.82, 2.24) is 0 Å². The summed E-state index contributed by atoms with van der Waals surface area (Å²) in [5, 5.41) is 0. The zero-order chi connectivity index (χ0) is 98.6. The molecule has 0 amide bonds. The maximum absolute atomic E-state index is 8.39. The van der Waals surface area contributed by atoms with Crippen molar-refractivity contribution in [2.24, 2.45) is 35.2 Å². The van der Waals surface area contributed by atoms with Crippen LogP contribution in [0.4, 0.5) is 0 Å². The minimum atomic E-state index is -2.45. The lowest BCUT2D eigenvalue weighted by Crippen LogP contribution is -2.31. The van der Waals surface area contributed by atoms with Gasteiger partial charge >= 0.3 is 0 Å². The summed E-state index contributed by atoms with van der Waals surface area (Å²) in [7, 11) is 8.96. The highest BCUT2D eigenvalue weighted by atomic mass is 14.9. The molecule has 0 saturated carbocycles. The predicted octanol–water partition coefficient (Wildman–Crippen LogP) is 20.6. The van der Waals surface area contributed by atoms with E-state index < -0.39 is 92.1 Å². The molecule has 5 heteroatoms. The lowest BCUT2D eigenvalue weighted by molar-refractivity contribution is -0.661. The second-order valence-corrected chi connectivity index (χ2v) is 24.8. The Kier molecular flexibility index (Phi) is 13.8. The van der Waals surface area contributed by atoms with Gasteiger partial charge in [-0.15, -0.1) is 0 Å². The van der Waals surface area contributed by atoms with Gasteiger partial charge in [-0.2, -0.15) is 0 Å². The van der Waals surface area contributed by atoms with Crippen LogP contribution in [0, 0.1) is 103 Å². The fourth-order valence-corrected chi connectivity index (χ4v) is 11.4. The molecule has 0 N–H and O–H groups in total. The molecular weight excluding hydrogens is 1140 g/mol. The van der Waals surface area contributed by atoms with E-state index in [4.69, 9.17) is 46.6 Å². The SMILES string of the molecule is [2H]C([2H])([2H])C([2H])(C)c1ccc(-c2cc(C)c(C([2H])(C)C([2H])([2H])[2H])cc2C)[n+](C)c1.[2H]C([2H])([2H])Cc1cc(C)c(-c2ccc(C([2H])([2H])[2H])c[n+]2C)cc1C.[2H]C([2H])([2H])c1cc(C)c(-c2ccc(C([2H])(C)C([2H])([2H])[2H])c[n+]2C)cc1C.[2H]C([2H])([2H])c1ccc(-c2cc(C)c(C([2H])(C)C([2H])([2H])[2H])cc2C)[n+](C)c1.[2H]C([2H])([2H])c1ccc(-c2cc(C)c(C([2H])([2H])[2H])cc2C)[n+](C)c1. The minimum absolute atomic E-state index is 0.0457. The van der Waals surface area contributed by atoms with Crippen LogP contribution in [0.15, 0.2) is 152 Å².